The molecule has 0 heterocycles. The smallest absolute Gasteiger partial charge is 0.326 e. The normalized spacial score (nSPS) is 11.3. The fraction of sp³-hybridized carbons (Fsp3) is 0.250. The maximum Gasteiger partial charge on any atom is 0.326 e. The van der Waals surface area contributed by atoms with Gasteiger partial charge in [0.25, 0.3) is 11.8 Å². The Bertz CT molecular complexity index is 885. The number of benzene rings is 2. The number of amides is 2. The maximum atomic E-state index is 12.2. The monoisotopic (exact) mass is 404 g/mol. The van der Waals surface area contributed by atoms with Gasteiger partial charge in [0.05, 0.1) is 12.7 Å². The number of para-hydroxylation sites is 1. The fourth-order valence-electron chi connectivity index (χ4n) is 2.34. The molecule has 28 heavy (non-hydrogen) atoms. The number of hydrogen-bond acceptors (Lipinski definition) is 5. The molecule has 0 aromatic heterocycles. The highest BCUT2D eigenvalue weighted by atomic mass is 35.5. The van der Waals surface area contributed by atoms with Gasteiger partial charge in [-0.1, -0.05) is 29.8 Å². The number of methoxy groups -OCH3 is 1. The van der Waals surface area contributed by atoms with Gasteiger partial charge in [0.2, 0.25) is 0 Å². The molecule has 7 nitrogen and oxygen atoms in total. The summed E-state index contributed by atoms with van der Waals surface area (Å²) in [6.07, 6.45) is -1.05. The third kappa shape index (κ3) is 5.72. The maximum absolute atomic E-state index is 12.2. The van der Waals surface area contributed by atoms with E-state index in [2.05, 4.69) is 10.6 Å². The van der Waals surface area contributed by atoms with Crippen molar-refractivity contribution in [1.29, 1.82) is 0 Å². The van der Waals surface area contributed by atoms with Gasteiger partial charge in [-0.3, -0.25) is 14.4 Å². The van der Waals surface area contributed by atoms with E-state index in [9.17, 15) is 14.4 Å². The van der Waals surface area contributed by atoms with Crippen molar-refractivity contribution >= 4 is 35.1 Å². The minimum Gasteiger partial charge on any atom is -0.496 e. The minimum atomic E-state index is -1.05. The lowest BCUT2D eigenvalue weighted by molar-refractivity contribution is -0.152. The summed E-state index contributed by atoms with van der Waals surface area (Å²) in [5.74, 6) is -1.34. The first-order valence-electron chi connectivity index (χ1n) is 8.49. The van der Waals surface area contributed by atoms with Crippen molar-refractivity contribution in [3.8, 4) is 5.75 Å². The van der Waals surface area contributed by atoms with E-state index in [1.54, 1.807) is 42.5 Å². The predicted molar refractivity (Wildman–Crippen MR) is 106 cm³/mol. The molecular formula is C20H21ClN2O5. The molecule has 1 atom stereocenters. The zero-order valence-electron chi connectivity index (χ0n) is 15.7. The molecule has 0 saturated heterocycles. The molecule has 0 saturated carbocycles. The first-order chi connectivity index (χ1) is 13.3. The molecule has 2 amide bonds. The Labute approximate surface area is 168 Å². The lowest BCUT2D eigenvalue weighted by Gasteiger charge is -2.15. The van der Waals surface area contributed by atoms with Crippen molar-refractivity contribution in [2.24, 2.45) is 0 Å². The van der Waals surface area contributed by atoms with E-state index in [0.717, 1.165) is 5.56 Å². The largest absolute Gasteiger partial charge is 0.496 e. The zero-order chi connectivity index (χ0) is 20.7. The van der Waals surface area contributed by atoms with Crippen LogP contribution in [0.1, 0.15) is 22.8 Å². The van der Waals surface area contributed by atoms with E-state index in [0.29, 0.717) is 22.0 Å². The van der Waals surface area contributed by atoms with Crippen LogP contribution < -0.4 is 15.4 Å². The lowest BCUT2D eigenvalue weighted by Crippen LogP contribution is -2.36. The zero-order valence-corrected chi connectivity index (χ0v) is 16.5. The first kappa shape index (κ1) is 21.2. The van der Waals surface area contributed by atoms with Crippen LogP contribution in [0, 0.1) is 6.92 Å². The Morgan fingerprint density at radius 2 is 1.86 bits per heavy atom. The molecule has 0 aliphatic carbocycles. The summed E-state index contributed by atoms with van der Waals surface area (Å²) in [5.41, 5.74) is 1.64. The molecule has 0 aliphatic rings. The number of carbonyl (C=O) groups is 3. The van der Waals surface area contributed by atoms with E-state index >= 15 is 0 Å². The summed E-state index contributed by atoms with van der Waals surface area (Å²) >= 11 is 5.92. The highest BCUT2D eigenvalue weighted by Gasteiger charge is 2.20. The Morgan fingerprint density at radius 1 is 1.14 bits per heavy atom. The average Bonchev–Trinajstić information content (AvgIpc) is 2.68. The second-order valence-corrected chi connectivity index (χ2v) is 6.40. The number of hydrogen-bond donors (Lipinski definition) is 2. The summed E-state index contributed by atoms with van der Waals surface area (Å²) in [6, 6.07) is 11.7. The summed E-state index contributed by atoms with van der Waals surface area (Å²) in [5, 5.41) is 5.58. The Hall–Kier alpha value is -3.06. The van der Waals surface area contributed by atoms with Crippen LogP contribution in [-0.2, 0) is 14.3 Å². The topological polar surface area (TPSA) is 93.7 Å². The molecule has 0 bridgehead atoms. The van der Waals surface area contributed by atoms with E-state index in [1.165, 1.54) is 14.0 Å². The van der Waals surface area contributed by atoms with Gasteiger partial charge in [0, 0.05) is 10.7 Å². The standard InChI is InChI=1S/C20H21ClN2O5/c1-12-8-9-14(21)10-16(12)23-19(25)13(2)28-18(24)11-22-20(26)15-6-4-5-7-17(15)27-3/h4-10,13H,11H2,1-3H3,(H,22,26)(H,23,25)/t13-/m1/s1. The van der Waals surface area contributed by atoms with Crippen molar-refractivity contribution in [1.82, 2.24) is 5.32 Å². The lowest BCUT2D eigenvalue weighted by atomic mass is 10.2. The summed E-state index contributed by atoms with van der Waals surface area (Å²) < 4.78 is 10.2. The number of nitrogens with one attached hydrogen (secondary N) is 2. The number of aryl methyl sites for hydroxylation is 1. The van der Waals surface area contributed by atoms with Gasteiger partial charge in [-0.05, 0) is 43.7 Å². The quantitative estimate of drug-likeness (QED) is 0.692. The third-order valence-corrected chi connectivity index (χ3v) is 4.11. The van der Waals surface area contributed by atoms with E-state index in [4.69, 9.17) is 21.1 Å². The summed E-state index contributed by atoms with van der Waals surface area (Å²) in [7, 11) is 1.45. The number of anilines is 1. The molecule has 0 aliphatic heterocycles. The average molecular weight is 405 g/mol. The van der Waals surface area contributed by atoms with Crippen molar-refractivity contribution in [2.45, 2.75) is 20.0 Å². The van der Waals surface area contributed by atoms with Crippen LogP contribution in [0.5, 0.6) is 5.75 Å². The SMILES string of the molecule is COc1ccccc1C(=O)NCC(=O)O[C@H](C)C(=O)Nc1cc(Cl)ccc1C. The summed E-state index contributed by atoms with van der Waals surface area (Å²) in [4.78, 5) is 36.3. The number of ether oxygens (including phenoxy) is 2. The van der Waals surface area contributed by atoms with Crippen LogP contribution in [-0.4, -0.2) is 37.5 Å². The summed E-state index contributed by atoms with van der Waals surface area (Å²) in [6.45, 7) is 2.87. The molecular weight excluding hydrogens is 384 g/mol. The van der Waals surface area contributed by atoms with Crippen molar-refractivity contribution < 1.29 is 23.9 Å². The van der Waals surface area contributed by atoms with Crippen LogP contribution in [0.4, 0.5) is 5.69 Å². The number of rotatable bonds is 7. The van der Waals surface area contributed by atoms with E-state index < -0.39 is 23.9 Å². The molecule has 2 N–H and O–H groups in total. The molecule has 2 aromatic rings. The van der Waals surface area contributed by atoms with Crippen LogP contribution in [0.2, 0.25) is 5.02 Å². The van der Waals surface area contributed by atoms with Gasteiger partial charge >= 0.3 is 5.97 Å². The van der Waals surface area contributed by atoms with Crippen molar-refractivity contribution in [3.05, 3.63) is 58.6 Å². The molecule has 2 rings (SSSR count). The first-order valence-corrected chi connectivity index (χ1v) is 8.87. The fourth-order valence-corrected chi connectivity index (χ4v) is 2.51. The highest BCUT2D eigenvalue weighted by Crippen LogP contribution is 2.20. The van der Waals surface area contributed by atoms with Gasteiger partial charge < -0.3 is 20.1 Å². The molecule has 0 radical (unpaired) electrons. The van der Waals surface area contributed by atoms with Crippen molar-refractivity contribution in [2.75, 3.05) is 19.0 Å². The highest BCUT2D eigenvalue weighted by molar-refractivity contribution is 6.31. The number of esters is 1. The van der Waals surface area contributed by atoms with Gasteiger partial charge in [0.15, 0.2) is 6.10 Å². The molecule has 0 unspecified atom stereocenters. The van der Waals surface area contributed by atoms with Gasteiger partial charge in [-0.2, -0.15) is 0 Å². The van der Waals surface area contributed by atoms with E-state index in [1.807, 2.05) is 6.92 Å². The van der Waals surface area contributed by atoms with Gasteiger partial charge in [-0.25, -0.2) is 0 Å². The van der Waals surface area contributed by atoms with Crippen molar-refractivity contribution in [3.63, 3.8) is 0 Å². The Kier molecular flexibility index (Phi) is 7.40. The predicted octanol–water partition coefficient (Wildman–Crippen LogP) is 2.96. The van der Waals surface area contributed by atoms with E-state index in [-0.39, 0.29) is 6.54 Å². The number of halogens is 1. The van der Waals surface area contributed by atoms with Gasteiger partial charge in [-0.15, -0.1) is 0 Å². The minimum absolute atomic E-state index is 0.292. The Balaban J connectivity index is 1.87. The van der Waals surface area contributed by atoms with Crippen LogP contribution >= 0.6 is 11.6 Å². The third-order valence-electron chi connectivity index (χ3n) is 3.88. The van der Waals surface area contributed by atoms with Gasteiger partial charge in [0.1, 0.15) is 12.3 Å². The Morgan fingerprint density at radius 3 is 2.57 bits per heavy atom. The van der Waals surface area contributed by atoms with Crippen LogP contribution in [0.3, 0.4) is 0 Å². The number of carbonyl (C=O) groups excluding carboxylic acids is 3. The second-order valence-electron chi connectivity index (χ2n) is 5.96. The molecule has 148 valence electrons. The molecule has 2 aromatic carbocycles. The second kappa shape index (κ2) is 9.75. The molecule has 8 heteroatoms. The molecule has 0 fully saturated rings. The van der Waals surface area contributed by atoms with Crippen LogP contribution in [0.25, 0.3) is 0 Å². The molecule has 0 spiro atoms. The van der Waals surface area contributed by atoms with Crippen LogP contribution in [0.15, 0.2) is 42.5 Å².